The van der Waals surface area contributed by atoms with E-state index in [1.54, 1.807) is 0 Å². The van der Waals surface area contributed by atoms with E-state index < -0.39 is 0 Å². The second-order valence-electron chi connectivity index (χ2n) is 8.77. The fourth-order valence-corrected chi connectivity index (χ4v) is 3.94. The molecule has 0 spiro atoms. The molecule has 1 aliphatic carbocycles. The highest BCUT2D eigenvalue weighted by molar-refractivity contribution is 9.10. The number of carbonyl (C=O) groups is 1. The minimum absolute atomic E-state index is 0.0172. The first-order valence-electron chi connectivity index (χ1n) is 10.1. The molecule has 1 amide bonds. The van der Waals surface area contributed by atoms with Crippen LogP contribution in [0.25, 0.3) is 11.3 Å². The van der Waals surface area contributed by atoms with Gasteiger partial charge in [-0.3, -0.25) is 4.79 Å². The van der Waals surface area contributed by atoms with Crippen molar-refractivity contribution in [1.82, 2.24) is 5.43 Å². The van der Waals surface area contributed by atoms with Gasteiger partial charge in [-0.1, -0.05) is 73.1 Å². The van der Waals surface area contributed by atoms with Crippen molar-refractivity contribution in [1.29, 1.82) is 0 Å². The average Bonchev–Trinajstić information content (AvgIpc) is 3.38. The van der Waals surface area contributed by atoms with Gasteiger partial charge in [0.1, 0.15) is 11.5 Å². The maximum atomic E-state index is 12.4. The molecule has 3 aromatic rings. The van der Waals surface area contributed by atoms with E-state index in [1.807, 2.05) is 36.4 Å². The lowest BCUT2D eigenvalue weighted by Crippen LogP contribution is -2.20. The number of benzene rings is 2. The van der Waals surface area contributed by atoms with Crippen LogP contribution in [-0.2, 0) is 10.2 Å². The van der Waals surface area contributed by atoms with Crippen LogP contribution in [0.3, 0.4) is 0 Å². The van der Waals surface area contributed by atoms with Gasteiger partial charge >= 0.3 is 0 Å². The third kappa shape index (κ3) is 4.73. The number of rotatable bonds is 5. The maximum Gasteiger partial charge on any atom is 0.243 e. The SMILES string of the molecule is CC(C)(C)c1ccc([C@@H]2C[C@H]2C(=O)N/N=C/c2ccc(-c3cccc(Br)c3)o2)cc1. The van der Waals surface area contributed by atoms with Crippen LogP contribution in [0.1, 0.15) is 50.0 Å². The standard InChI is InChI=1S/C25H25BrN2O2/c1-25(2,3)18-9-7-16(8-10-18)21-14-22(21)24(29)28-27-15-20-11-12-23(30-20)17-5-4-6-19(26)13-17/h4-13,15,21-22H,14H2,1-3H3,(H,28,29)/b27-15+/t21-,22+/m0/s1. The van der Waals surface area contributed by atoms with Crippen molar-refractivity contribution < 1.29 is 9.21 Å². The molecule has 4 rings (SSSR count). The van der Waals surface area contributed by atoms with Gasteiger partial charge in [-0.25, -0.2) is 5.43 Å². The Hall–Kier alpha value is -2.66. The maximum absolute atomic E-state index is 12.4. The molecule has 4 nitrogen and oxygen atoms in total. The van der Waals surface area contributed by atoms with Gasteiger partial charge in [0.2, 0.25) is 5.91 Å². The molecule has 0 aliphatic heterocycles. The summed E-state index contributed by atoms with van der Waals surface area (Å²) >= 11 is 3.46. The molecule has 1 aromatic heterocycles. The fraction of sp³-hybridized carbons (Fsp3) is 0.280. The van der Waals surface area contributed by atoms with Gasteiger partial charge in [0.15, 0.2) is 0 Å². The number of halogens is 1. The fourth-order valence-electron chi connectivity index (χ4n) is 3.55. The van der Waals surface area contributed by atoms with Crippen molar-refractivity contribution in [3.05, 3.63) is 82.0 Å². The molecule has 2 aromatic carbocycles. The van der Waals surface area contributed by atoms with E-state index in [2.05, 4.69) is 71.5 Å². The number of hydrazone groups is 1. The molecule has 0 radical (unpaired) electrons. The van der Waals surface area contributed by atoms with E-state index in [4.69, 9.17) is 4.42 Å². The van der Waals surface area contributed by atoms with Gasteiger partial charge < -0.3 is 4.42 Å². The number of carbonyl (C=O) groups excluding carboxylic acids is 1. The molecule has 1 heterocycles. The van der Waals surface area contributed by atoms with E-state index in [-0.39, 0.29) is 23.2 Å². The van der Waals surface area contributed by atoms with Crippen molar-refractivity contribution in [3.8, 4) is 11.3 Å². The number of hydrogen-bond acceptors (Lipinski definition) is 3. The second kappa shape index (κ2) is 8.23. The quantitative estimate of drug-likeness (QED) is 0.357. The second-order valence-corrected chi connectivity index (χ2v) is 9.68. The zero-order valence-corrected chi connectivity index (χ0v) is 18.9. The Bertz CT molecular complexity index is 1080. The summed E-state index contributed by atoms with van der Waals surface area (Å²) in [6.07, 6.45) is 2.40. The summed E-state index contributed by atoms with van der Waals surface area (Å²) < 4.78 is 6.78. The lowest BCUT2D eigenvalue weighted by molar-refractivity contribution is -0.122. The Balaban J connectivity index is 1.32. The molecular weight excluding hydrogens is 440 g/mol. The Morgan fingerprint density at radius 2 is 1.90 bits per heavy atom. The zero-order valence-electron chi connectivity index (χ0n) is 17.4. The summed E-state index contributed by atoms with van der Waals surface area (Å²) in [7, 11) is 0. The van der Waals surface area contributed by atoms with Crippen molar-refractivity contribution in [2.45, 2.75) is 38.5 Å². The molecule has 0 saturated heterocycles. The Morgan fingerprint density at radius 1 is 1.13 bits per heavy atom. The van der Waals surface area contributed by atoms with Gasteiger partial charge in [0, 0.05) is 16.0 Å². The molecular formula is C25H25BrN2O2. The third-order valence-electron chi connectivity index (χ3n) is 5.43. The molecule has 30 heavy (non-hydrogen) atoms. The molecule has 1 saturated carbocycles. The first kappa shape index (κ1) is 20.6. The molecule has 5 heteroatoms. The van der Waals surface area contributed by atoms with Crippen molar-refractivity contribution >= 4 is 28.1 Å². The van der Waals surface area contributed by atoms with Gasteiger partial charge in [-0.05, 0) is 53.1 Å². The summed E-state index contributed by atoms with van der Waals surface area (Å²) in [6.45, 7) is 6.61. The highest BCUT2D eigenvalue weighted by atomic mass is 79.9. The predicted octanol–water partition coefficient (Wildman–Crippen LogP) is 6.26. The topological polar surface area (TPSA) is 54.6 Å². The minimum Gasteiger partial charge on any atom is -0.455 e. The third-order valence-corrected chi connectivity index (χ3v) is 5.93. The van der Waals surface area contributed by atoms with Crippen molar-refractivity contribution in [2.24, 2.45) is 11.0 Å². The van der Waals surface area contributed by atoms with Gasteiger partial charge in [-0.15, -0.1) is 0 Å². The van der Waals surface area contributed by atoms with Crippen LogP contribution in [-0.4, -0.2) is 12.1 Å². The number of nitrogens with one attached hydrogen (secondary N) is 1. The molecule has 1 N–H and O–H groups in total. The highest BCUT2D eigenvalue weighted by Crippen LogP contribution is 2.47. The van der Waals surface area contributed by atoms with E-state index in [1.165, 1.54) is 17.3 Å². The van der Waals surface area contributed by atoms with E-state index in [0.29, 0.717) is 5.76 Å². The van der Waals surface area contributed by atoms with Crippen molar-refractivity contribution in [2.75, 3.05) is 0 Å². The average molecular weight is 465 g/mol. The number of furan rings is 1. The molecule has 1 fully saturated rings. The summed E-state index contributed by atoms with van der Waals surface area (Å²) in [5.41, 5.74) is 6.29. The Morgan fingerprint density at radius 3 is 2.60 bits per heavy atom. The molecule has 0 bridgehead atoms. The van der Waals surface area contributed by atoms with E-state index in [0.717, 1.165) is 22.2 Å². The van der Waals surface area contributed by atoms with Crippen LogP contribution >= 0.6 is 15.9 Å². The van der Waals surface area contributed by atoms with Gasteiger partial charge in [0.25, 0.3) is 0 Å². The zero-order chi connectivity index (χ0) is 21.3. The van der Waals surface area contributed by atoms with Crippen LogP contribution in [0, 0.1) is 5.92 Å². The normalized spacial score (nSPS) is 18.5. The minimum atomic E-state index is -0.0464. The largest absolute Gasteiger partial charge is 0.455 e. The Labute approximate surface area is 185 Å². The lowest BCUT2D eigenvalue weighted by Gasteiger charge is -2.19. The summed E-state index contributed by atoms with van der Waals surface area (Å²) in [5, 5.41) is 4.07. The number of nitrogens with zero attached hydrogens (tertiary/aromatic N) is 1. The molecule has 2 atom stereocenters. The summed E-state index contributed by atoms with van der Waals surface area (Å²) in [6, 6.07) is 20.2. The molecule has 1 aliphatic rings. The first-order chi connectivity index (χ1) is 14.3. The van der Waals surface area contributed by atoms with E-state index >= 15 is 0 Å². The summed E-state index contributed by atoms with van der Waals surface area (Å²) in [4.78, 5) is 12.4. The van der Waals surface area contributed by atoms with Crippen LogP contribution < -0.4 is 5.43 Å². The van der Waals surface area contributed by atoms with Crippen molar-refractivity contribution in [3.63, 3.8) is 0 Å². The molecule has 0 unspecified atom stereocenters. The lowest BCUT2D eigenvalue weighted by atomic mass is 9.86. The smallest absolute Gasteiger partial charge is 0.243 e. The van der Waals surface area contributed by atoms with Crippen LogP contribution in [0.5, 0.6) is 0 Å². The monoisotopic (exact) mass is 464 g/mol. The van der Waals surface area contributed by atoms with Gasteiger partial charge in [-0.2, -0.15) is 5.10 Å². The Kier molecular flexibility index (Phi) is 5.65. The van der Waals surface area contributed by atoms with Crippen LogP contribution in [0.2, 0.25) is 0 Å². The number of amides is 1. The summed E-state index contributed by atoms with van der Waals surface area (Å²) in [5.74, 6) is 1.56. The van der Waals surface area contributed by atoms with E-state index in [9.17, 15) is 4.79 Å². The first-order valence-corrected chi connectivity index (χ1v) is 10.9. The van der Waals surface area contributed by atoms with Crippen LogP contribution in [0.15, 0.2) is 74.7 Å². The highest BCUT2D eigenvalue weighted by Gasteiger charge is 2.44. The van der Waals surface area contributed by atoms with Gasteiger partial charge in [0.05, 0.1) is 6.21 Å². The predicted molar refractivity (Wildman–Crippen MR) is 124 cm³/mol. The number of hydrogen-bond donors (Lipinski definition) is 1. The molecule has 154 valence electrons. The van der Waals surface area contributed by atoms with Crippen LogP contribution in [0.4, 0.5) is 0 Å².